The zero-order valence-electron chi connectivity index (χ0n) is 11.3. The van der Waals surface area contributed by atoms with Crippen molar-refractivity contribution in [1.29, 1.82) is 0 Å². The summed E-state index contributed by atoms with van der Waals surface area (Å²) in [5.41, 5.74) is 4.78. The summed E-state index contributed by atoms with van der Waals surface area (Å²) in [6.45, 7) is 2.61. The molecule has 7 nitrogen and oxygen atoms in total. The van der Waals surface area contributed by atoms with Gasteiger partial charge in [0.15, 0.2) is 11.6 Å². The van der Waals surface area contributed by atoms with Gasteiger partial charge in [0.05, 0.1) is 12.7 Å². The van der Waals surface area contributed by atoms with Gasteiger partial charge >= 0.3 is 0 Å². The molecule has 0 aromatic carbocycles. The molecule has 7 heteroatoms. The van der Waals surface area contributed by atoms with E-state index >= 15 is 0 Å². The molecule has 18 heavy (non-hydrogen) atoms. The van der Waals surface area contributed by atoms with E-state index in [1.807, 2.05) is 19.0 Å². The van der Waals surface area contributed by atoms with Crippen molar-refractivity contribution in [2.45, 2.75) is 12.5 Å². The molecule has 1 rings (SSSR count). The summed E-state index contributed by atoms with van der Waals surface area (Å²) >= 11 is 0. The quantitative estimate of drug-likeness (QED) is 0.647. The third kappa shape index (κ3) is 4.01. The van der Waals surface area contributed by atoms with Gasteiger partial charge in [0, 0.05) is 13.1 Å². The van der Waals surface area contributed by atoms with Gasteiger partial charge in [0.2, 0.25) is 5.75 Å². The van der Waals surface area contributed by atoms with E-state index in [4.69, 9.17) is 10.5 Å². The Labute approximate surface area is 107 Å². The normalized spacial score (nSPS) is 14.3. The van der Waals surface area contributed by atoms with Crippen LogP contribution in [-0.2, 0) is 0 Å². The number of hydrogen-bond donors (Lipinski definition) is 3. The van der Waals surface area contributed by atoms with Crippen LogP contribution in [0.5, 0.6) is 5.75 Å². The van der Waals surface area contributed by atoms with Crippen LogP contribution in [-0.4, -0.2) is 59.9 Å². The highest BCUT2D eigenvalue weighted by atomic mass is 16.5. The van der Waals surface area contributed by atoms with E-state index in [0.717, 1.165) is 0 Å². The van der Waals surface area contributed by atoms with Crippen molar-refractivity contribution in [2.75, 3.05) is 45.3 Å². The molecule has 0 saturated heterocycles. The number of aromatic nitrogens is 2. The number of rotatable bonds is 6. The molecule has 0 aliphatic rings. The number of nitrogens with zero attached hydrogens (tertiary/aromatic N) is 3. The maximum Gasteiger partial charge on any atom is 0.203 e. The van der Waals surface area contributed by atoms with Gasteiger partial charge in [-0.3, -0.25) is 0 Å². The molecular weight excluding hydrogens is 234 g/mol. The van der Waals surface area contributed by atoms with Gasteiger partial charge in [-0.05, 0) is 21.0 Å². The minimum atomic E-state index is -0.881. The van der Waals surface area contributed by atoms with Gasteiger partial charge in [0.1, 0.15) is 6.33 Å². The van der Waals surface area contributed by atoms with Crippen molar-refractivity contribution >= 4 is 11.6 Å². The number of methoxy groups -OCH3 is 1. The molecular formula is C11H21N5O2. The summed E-state index contributed by atoms with van der Waals surface area (Å²) < 4.78 is 5.12. The van der Waals surface area contributed by atoms with Crippen molar-refractivity contribution in [3.8, 4) is 5.75 Å². The van der Waals surface area contributed by atoms with Crippen LogP contribution in [0.3, 0.4) is 0 Å². The Bertz CT molecular complexity index is 395. The van der Waals surface area contributed by atoms with Crippen LogP contribution < -0.4 is 15.8 Å². The summed E-state index contributed by atoms with van der Waals surface area (Å²) in [4.78, 5) is 9.78. The van der Waals surface area contributed by atoms with Gasteiger partial charge < -0.3 is 25.8 Å². The summed E-state index contributed by atoms with van der Waals surface area (Å²) in [5.74, 6) is 1.13. The Kier molecular flexibility index (Phi) is 4.69. The highest BCUT2D eigenvalue weighted by Gasteiger charge is 2.22. The average Bonchev–Trinajstić information content (AvgIpc) is 2.24. The highest BCUT2D eigenvalue weighted by molar-refractivity contribution is 5.61. The van der Waals surface area contributed by atoms with Gasteiger partial charge in [0.25, 0.3) is 0 Å². The predicted octanol–water partition coefficient (Wildman–Crippen LogP) is -0.208. The molecule has 0 spiro atoms. The average molecular weight is 255 g/mol. The van der Waals surface area contributed by atoms with Crippen molar-refractivity contribution in [1.82, 2.24) is 14.9 Å². The molecule has 1 aromatic rings. The van der Waals surface area contributed by atoms with Crippen molar-refractivity contribution in [2.24, 2.45) is 0 Å². The van der Waals surface area contributed by atoms with E-state index in [1.54, 1.807) is 6.92 Å². The number of likely N-dealkylation sites (N-methyl/N-ethyl adjacent to an activating group) is 1. The molecule has 1 aromatic heterocycles. The summed E-state index contributed by atoms with van der Waals surface area (Å²) in [7, 11) is 5.30. The molecule has 1 unspecified atom stereocenters. The smallest absolute Gasteiger partial charge is 0.203 e. The summed E-state index contributed by atoms with van der Waals surface area (Å²) in [6, 6.07) is 0. The monoisotopic (exact) mass is 255 g/mol. The van der Waals surface area contributed by atoms with E-state index in [2.05, 4.69) is 15.3 Å². The number of aliphatic hydroxyl groups is 1. The molecule has 1 atom stereocenters. The number of nitrogens with one attached hydrogen (secondary N) is 1. The van der Waals surface area contributed by atoms with E-state index in [-0.39, 0.29) is 5.82 Å². The molecule has 0 aliphatic carbocycles. The van der Waals surface area contributed by atoms with Crippen LogP contribution in [0.4, 0.5) is 11.6 Å². The second kappa shape index (κ2) is 5.83. The molecule has 0 aliphatic heterocycles. The van der Waals surface area contributed by atoms with Crippen molar-refractivity contribution < 1.29 is 9.84 Å². The zero-order valence-corrected chi connectivity index (χ0v) is 11.3. The Morgan fingerprint density at radius 2 is 2.17 bits per heavy atom. The lowest BCUT2D eigenvalue weighted by molar-refractivity contribution is 0.0458. The number of hydrogen-bond acceptors (Lipinski definition) is 7. The maximum absolute atomic E-state index is 10.2. The van der Waals surface area contributed by atoms with Gasteiger partial charge in [-0.15, -0.1) is 0 Å². The van der Waals surface area contributed by atoms with E-state index < -0.39 is 5.60 Å². The van der Waals surface area contributed by atoms with Crippen molar-refractivity contribution in [3.05, 3.63) is 6.33 Å². The summed E-state index contributed by atoms with van der Waals surface area (Å²) in [5, 5.41) is 13.2. The Morgan fingerprint density at radius 3 is 2.72 bits per heavy atom. The molecule has 0 bridgehead atoms. The molecule has 4 N–H and O–H groups in total. The third-order valence-electron chi connectivity index (χ3n) is 2.33. The Hall–Kier alpha value is -1.60. The van der Waals surface area contributed by atoms with Crippen LogP contribution in [0.2, 0.25) is 0 Å². The number of nitrogens with two attached hydrogens (primary N) is 1. The standard InChI is InChI=1S/C11H21N5O2/c1-11(17,6-16(2)3)5-13-10-8(18-4)9(12)14-7-15-10/h7,17H,5-6H2,1-4H3,(H3,12,13,14,15). The van der Waals surface area contributed by atoms with E-state index in [1.165, 1.54) is 13.4 Å². The minimum absolute atomic E-state index is 0.266. The molecule has 0 radical (unpaired) electrons. The molecule has 0 fully saturated rings. The molecule has 0 amide bonds. The molecule has 102 valence electrons. The lowest BCUT2D eigenvalue weighted by Crippen LogP contribution is -2.43. The second-order valence-electron chi connectivity index (χ2n) is 4.73. The lowest BCUT2D eigenvalue weighted by Gasteiger charge is -2.27. The van der Waals surface area contributed by atoms with Crippen LogP contribution >= 0.6 is 0 Å². The van der Waals surface area contributed by atoms with Crippen LogP contribution in [0.1, 0.15) is 6.92 Å². The first-order valence-electron chi connectivity index (χ1n) is 5.61. The fourth-order valence-electron chi connectivity index (χ4n) is 1.73. The fourth-order valence-corrected chi connectivity index (χ4v) is 1.73. The van der Waals surface area contributed by atoms with Crippen LogP contribution in [0.15, 0.2) is 6.33 Å². The topological polar surface area (TPSA) is 96.5 Å². The highest BCUT2D eigenvalue weighted by Crippen LogP contribution is 2.26. The lowest BCUT2D eigenvalue weighted by atomic mass is 10.1. The zero-order chi connectivity index (χ0) is 13.8. The van der Waals surface area contributed by atoms with Gasteiger partial charge in [-0.2, -0.15) is 0 Å². The van der Waals surface area contributed by atoms with Crippen LogP contribution in [0.25, 0.3) is 0 Å². The first-order valence-corrected chi connectivity index (χ1v) is 5.61. The predicted molar refractivity (Wildman–Crippen MR) is 70.7 cm³/mol. The second-order valence-corrected chi connectivity index (χ2v) is 4.73. The Morgan fingerprint density at radius 1 is 1.50 bits per heavy atom. The SMILES string of the molecule is COc1c(N)ncnc1NCC(C)(O)CN(C)C. The minimum Gasteiger partial charge on any atom is -0.490 e. The maximum atomic E-state index is 10.2. The van der Waals surface area contributed by atoms with Crippen molar-refractivity contribution in [3.63, 3.8) is 0 Å². The first-order chi connectivity index (χ1) is 8.35. The number of nitrogen functional groups attached to an aromatic ring is 1. The largest absolute Gasteiger partial charge is 0.490 e. The molecule has 0 saturated carbocycles. The van der Waals surface area contributed by atoms with Gasteiger partial charge in [-0.1, -0.05) is 0 Å². The third-order valence-corrected chi connectivity index (χ3v) is 2.33. The number of ether oxygens (including phenoxy) is 1. The summed E-state index contributed by atoms with van der Waals surface area (Å²) in [6.07, 6.45) is 1.35. The van der Waals surface area contributed by atoms with Gasteiger partial charge in [-0.25, -0.2) is 9.97 Å². The van der Waals surface area contributed by atoms with E-state index in [9.17, 15) is 5.11 Å². The van der Waals surface area contributed by atoms with E-state index in [0.29, 0.717) is 24.7 Å². The number of anilines is 2. The van der Waals surface area contributed by atoms with Crippen LogP contribution in [0, 0.1) is 0 Å². The Balaban J connectivity index is 2.71. The fraction of sp³-hybridized carbons (Fsp3) is 0.636. The molecule has 1 heterocycles. The first kappa shape index (κ1) is 14.5.